The van der Waals surface area contributed by atoms with Crippen molar-refractivity contribution in [2.24, 2.45) is 0 Å². The van der Waals surface area contributed by atoms with Crippen LogP contribution in [0.3, 0.4) is 0 Å². The Kier molecular flexibility index (Phi) is 8.65. The highest BCUT2D eigenvalue weighted by Gasteiger charge is 2.25. The van der Waals surface area contributed by atoms with E-state index >= 15 is 0 Å². The lowest BCUT2D eigenvalue weighted by Crippen LogP contribution is -2.35. The summed E-state index contributed by atoms with van der Waals surface area (Å²) in [6, 6.07) is 68.5. The Bertz CT molecular complexity index is 2920. The number of rotatable bonds is 7. The predicted octanol–water partition coefficient (Wildman–Crippen LogP) is 14.3. The van der Waals surface area contributed by atoms with Crippen molar-refractivity contribution in [1.29, 1.82) is 0 Å². The lowest BCUT2D eigenvalue weighted by Gasteiger charge is -2.30. The van der Waals surface area contributed by atoms with Gasteiger partial charge in [-0.05, 0) is 150 Å². The number of hydrogen-bond acceptors (Lipinski definition) is 2. The minimum absolute atomic E-state index is 0.310. The van der Waals surface area contributed by atoms with E-state index in [4.69, 9.17) is 4.98 Å². The Morgan fingerprint density at radius 2 is 0.930 bits per heavy atom. The molecule has 0 bridgehead atoms. The molecule has 0 fully saturated rings. The molecule has 1 aliphatic rings. The van der Waals surface area contributed by atoms with Gasteiger partial charge in [-0.25, -0.2) is 0 Å². The van der Waals surface area contributed by atoms with Gasteiger partial charge in [0.2, 0.25) is 0 Å². The van der Waals surface area contributed by atoms with Crippen LogP contribution in [0.2, 0.25) is 0 Å². The van der Waals surface area contributed by atoms with Gasteiger partial charge in [0, 0.05) is 11.8 Å². The Labute approximate surface area is 334 Å². The minimum atomic E-state index is -0.310. The van der Waals surface area contributed by atoms with E-state index in [1.807, 2.05) is 24.5 Å². The van der Waals surface area contributed by atoms with Crippen molar-refractivity contribution in [3.63, 3.8) is 0 Å². The van der Waals surface area contributed by atoms with Gasteiger partial charge in [-0.15, -0.1) is 0 Å². The van der Waals surface area contributed by atoms with E-state index in [0.717, 1.165) is 16.8 Å². The maximum Gasteiger partial charge on any atom is 0.0779 e. The molecular weight excluding hydrogens is 689 g/mol. The molecule has 0 radical (unpaired) electrons. The molecule has 1 aromatic heterocycles. The molecule has 0 amide bonds. The highest BCUT2D eigenvalue weighted by atomic mass is 14.9. The monoisotopic (exact) mass is 728 g/mol. The second-order valence-corrected chi connectivity index (χ2v) is 15.0. The number of nitrogens with zero attached hydrogens (tertiary/aromatic N) is 1. The molecule has 1 atom stereocenters. The van der Waals surface area contributed by atoms with Crippen LogP contribution in [0.5, 0.6) is 0 Å². The summed E-state index contributed by atoms with van der Waals surface area (Å²) in [7, 11) is 0. The first-order valence-corrected chi connectivity index (χ1v) is 19.6. The van der Waals surface area contributed by atoms with E-state index in [-0.39, 0.29) is 5.54 Å². The summed E-state index contributed by atoms with van der Waals surface area (Å²) in [6.07, 6.45) is 10.3. The normalized spacial score (nSPS) is 14.8. The minimum Gasteiger partial charge on any atom is -0.378 e. The molecule has 0 saturated carbocycles. The highest BCUT2D eigenvalue weighted by Crippen LogP contribution is 2.46. The van der Waals surface area contributed by atoms with Gasteiger partial charge in [0.25, 0.3) is 0 Å². The van der Waals surface area contributed by atoms with Crippen LogP contribution in [-0.4, -0.2) is 4.98 Å². The van der Waals surface area contributed by atoms with Gasteiger partial charge in [0.1, 0.15) is 0 Å². The Balaban J connectivity index is 1.26. The van der Waals surface area contributed by atoms with Crippen LogP contribution < -0.4 is 5.32 Å². The van der Waals surface area contributed by atoms with Crippen molar-refractivity contribution in [2.45, 2.75) is 12.5 Å². The molecule has 2 heterocycles. The molecule has 2 heteroatoms. The number of fused-ring (bicyclic) bond motifs is 2. The van der Waals surface area contributed by atoms with Crippen LogP contribution in [0, 0.1) is 0 Å². The van der Waals surface area contributed by atoms with Gasteiger partial charge in [-0.1, -0.05) is 152 Å². The maximum atomic E-state index is 4.72. The molecular formula is C55H40N2. The van der Waals surface area contributed by atoms with Crippen LogP contribution in [0.25, 0.3) is 88.4 Å². The fraction of sp³-hybridized carbons (Fsp3) is 0.0364. The molecule has 1 unspecified atom stereocenters. The van der Waals surface area contributed by atoms with Crippen molar-refractivity contribution >= 4 is 21.5 Å². The molecule has 10 rings (SSSR count). The molecule has 8 aromatic carbocycles. The number of aromatic nitrogens is 1. The zero-order valence-corrected chi connectivity index (χ0v) is 31.7. The van der Waals surface area contributed by atoms with Crippen molar-refractivity contribution in [1.82, 2.24) is 10.3 Å². The lowest BCUT2D eigenvalue weighted by atomic mass is 9.82. The van der Waals surface area contributed by atoms with Gasteiger partial charge in [0.15, 0.2) is 0 Å². The quantitative estimate of drug-likeness (QED) is 0.165. The van der Waals surface area contributed by atoms with Gasteiger partial charge in [-0.3, -0.25) is 4.98 Å². The summed E-state index contributed by atoms with van der Waals surface area (Å²) >= 11 is 0. The zero-order chi connectivity index (χ0) is 38.2. The molecule has 270 valence electrons. The number of pyridine rings is 1. The third-order valence-corrected chi connectivity index (χ3v) is 11.4. The molecule has 9 aromatic rings. The Morgan fingerprint density at radius 1 is 0.386 bits per heavy atom. The average molecular weight is 729 g/mol. The predicted molar refractivity (Wildman–Crippen MR) is 241 cm³/mol. The summed E-state index contributed by atoms with van der Waals surface area (Å²) in [5.74, 6) is 0. The third kappa shape index (κ3) is 6.42. The summed E-state index contributed by atoms with van der Waals surface area (Å²) in [4.78, 5) is 4.72. The van der Waals surface area contributed by atoms with Gasteiger partial charge in [0.05, 0.1) is 11.2 Å². The van der Waals surface area contributed by atoms with E-state index < -0.39 is 0 Å². The van der Waals surface area contributed by atoms with Crippen LogP contribution in [-0.2, 0) is 5.54 Å². The largest absolute Gasteiger partial charge is 0.378 e. The molecule has 0 spiro atoms. The first-order valence-electron chi connectivity index (χ1n) is 19.6. The van der Waals surface area contributed by atoms with E-state index in [1.54, 1.807) is 0 Å². The third-order valence-electron chi connectivity index (χ3n) is 11.4. The number of benzene rings is 8. The fourth-order valence-electron chi connectivity index (χ4n) is 8.49. The van der Waals surface area contributed by atoms with Crippen LogP contribution in [0.15, 0.2) is 219 Å². The zero-order valence-electron chi connectivity index (χ0n) is 31.7. The first kappa shape index (κ1) is 34.2. The molecule has 2 nitrogen and oxygen atoms in total. The first-order chi connectivity index (χ1) is 28.1. The van der Waals surface area contributed by atoms with Gasteiger partial charge in [-0.2, -0.15) is 0 Å². The van der Waals surface area contributed by atoms with Crippen molar-refractivity contribution in [2.75, 3.05) is 0 Å². The second kappa shape index (κ2) is 14.4. The molecule has 1 aliphatic heterocycles. The van der Waals surface area contributed by atoms with Crippen molar-refractivity contribution < 1.29 is 0 Å². The van der Waals surface area contributed by atoms with E-state index in [1.165, 1.54) is 77.2 Å². The summed E-state index contributed by atoms with van der Waals surface area (Å²) in [5, 5.41) is 8.47. The Morgan fingerprint density at radius 3 is 1.58 bits per heavy atom. The summed E-state index contributed by atoms with van der Waals surface area (Å²) in [6.45, 7) is 2.24. The van der Waals surface area contributed by atoms with Crippen LogP contribution in [0.1, 0.15) is 12.5 Å². The van der Waals surface area contributed by atoms with Crippen LogP contribution in [0.4, 0.5) is 0 Å². The lowest BCUT2D eigenvalue weighted by molar-refractivity contribution is 0.524. The molecule has 1 N–H and O–H groups in total. The summed E-state index contributed by atoms with van der Waals surface area (Å²) in [5.41, 5.74) is 14.9. The standard InChI is InChI=1S/C55H40N2/c1-55(29-11-13-31-57-55)47-23-15-22-43(36-47)53-48-24-8-9-25-49(48)54(42-21-14-20-41(32-42)52-26-10-12-30-56-52)51-37-40(27-28-50(51)53)46-34-44(38-16-4-2-5-17-38)33-45(35-46)39-18-6-3-7-19-39/h2-37,57H,1H3. The molecule has 57 heavy (non-hydrogen) atoms. The number of nitrogens with one attached hydrogen (secondary N) is 1. The number of allylic oxidation sites excluding steroid dienone is 2. The number of dihydropyridines is 1. The smallest absolute Gasteiger partial charge is 0.0779 e. The molecule has 0 saturated heterocycles. The maximum absolute atomic E-state index is 4.72. The highest BCUT2D eigenvalue weighted by molar-refractivity contribution is 6.22. The SMILES string of the molecule is CC1(c2cccc(-c3c4ccccc4c(-c4cccc(-c5ccccn5)c4)c4cc(-c5cc(-c6ccccc6)cc(-c6ccccc6)c5)ccc34)c2)C=CC=CN1. The van der Waals surface area contributed by atoms with Crippen LogP contribution >= 0.6 is 0 Å². The number of hydrogen-bond donors (Lipinski definition) is 1. The molecule has 0 aliphatic carbocycles. The van der Waals surface area contributed by atoms with Crippen molar-refractivity contribution in [3.8, 4) is 66.9 Å². The Hall–Kier alpha value is -7.29. The average Bonchev–Trinajstić information content (AvgIpc) is 3.29. The van der Waals surface area contributed by atoms with E-state index in [2.05, 4.69) is 206 Å². The fourth-order valence-corrected chi connectivity index (χ4v) is 8.49. The van der Waals surface area contributed by atoms with E-state index in [0.29, 0.717) is 0 Å². The van der Waals surface area contributed by atoms with Gasteiger partial charge >= 0.3 is 0 Å². The van der Waals surface area contributed by atoms with Crippen molar-refractivity contribution in [3.05, 3.63) is 224 Å². The van der Waals surface area contributed by atoms with Gasteiger partial charge < -0.3 is 5.32 Å². The summed E-state index contributed by atoms with van der Waals surface area (Å²) < 4.78 is 0. The van der Waals surface area contributed by atoms with E-state index in [9.17, 15) is 0 Å². The second-order valence-electron chi connectivity index (χ2n) is 15.0. The topological polar surface area (TPSA) is 24.9 Å².